The van der Waals surface area contributed by atoms with Crippen molar-refractivity contribution < 1.29 is 23.9 Å². The highest BCUT2D eigenvalue weighted by atomic mass is 16.6. The number of nitrogens with one attached hydrogen (secondary N) is 1. The van der Waals surface area contributed by atoms with Crippen molar-refractivity contribution in [2.45, 2.75) is 119 Å². The molecule has 1 fully saturated rings. The van der Waals surface area contributed by atoms with Crippen LogP contribution in [0.2, 0.25) is 0 Å². The van der Waals surface area contributed by atoms with Gasteiger partial charge in [-0.3, -0.25) is 4.79 Å². The molecule has 1 saturated carbocycles. The lowest BCUT2D eigenvalue weighted by molar-refractivity contribution is -0.109. The molecular formula is C31H57N5O5. The van der Waals surface area contributed by atoms with Gasteiger partial charge in [-0.2, -0.15) is 9.78 Å². The number of amides is 2. The van der Waals surface area contributed by atoms with E-state index in [9.17, 15) is 14.4 Å². The lowest BCUT2D eigenvalue weighted by Gasteiger charge is -2.34. The Morgan fingerprint density at radius 1 is 1.07 bits per heavy atom. The first-order valence-electron chi connectivity index (χ1n) is 14.8. The van der Waals surface area contributed by atoms with Gasteiger partial charge in [0.05, 0.1) is 5.69 Å². The largest absolute Gasteiger partial charge is 0.444 e. The molecule has 10 nitrogen and oxygen atoms in total. The van der Waals surface area contributed by atoms with Gasteiger partial charge >= 0.3 is 12.2 Å². The molecule has 0 aromatic carbocycles. The smallest absolute Gasteiger partial charge is 0.435 e. The molecule has 0 aliphatic heterocycles. The van der Waals surface area contributed by atoms with Crippen molar-refractivity contribution in [1.29, 1.82) is 0 Å². The summed E-state index contributed by atoms with van der Waals surface area (Å²) in [4.78, 5) is 38.3. The molecule has 2 rings (SSSR count). The summed E-state index contributed by atoms with van der Waals surface area (Å²) < 4.78 is 12.3. The van der Waals surface area contributed by atoms with E-state index in [-0.39, 0.29) is 6.09 Å². The molecule has 1 heterocycles. The van der Waals surface area contributed by atoms with Gasteiger partial charge < -0.3 is 24.6 Å². The van der Waals surface area contributed by atoms with Crippen LogP contribution < -0.4 is 5.32 Å². The molecule has 0 radical (unpaired) electrons. The molecule has 10 heteroatoms. The molecule has 1 aromatic heterocycles. The summed E-state index contributed by atoms with van der Waals surface area (Å²) in [5.74, 6) is 0.898. The molecule has 0 saturated heterocycles. The first kappa shape index (κ1) is 36.4. The fourth-order valence-electron chi connectivity index (χ4n) is 4.37. The second-order valence-corrected chi connectivity index (χ2v) is 14.5. The molecule has 1 aromatic rings. The molecule has 236 valence electrons. The standard InChI is InChI=1S/C26H46N4O4.C5H11NO/c1-24(2,3)33-22(31)29(10)16-15-28(9)17-20-18-30(23(32)34-25(4,5)6)27-21(20)19-11-13-26(7,8)14-12-19;1-5(2)3-6-4-7/h18-19H,11-17H2,1-10H3;4-5H,3H2,1-2H3,(H,6,7). The number of ether oxygens (including phenoxy) is 2. The van der Waals surface area contributed by atoms with E-state index in [0.717, 1.165) is 49.9 Å². The highest BCUT2D eigenvalue weighted by molar-refractivity contribution is 5.70. The third-order valence-corrected chi connectivity index (χ3v) is 6.70. The van der Waals surface area contributed by atoms with Crippen LogP contribution in [0.3, 0.4) is 0 Å². The van der Waals surface area contributed by atoms with Crippen LogP contribution >= 0.6 is 0 Å². The Morgan fingerprint density at radius 2 is 1.63 bits per heavy atom. The first-order chi connectivity index (χ1) is 18.7. The van der Waals surface area contributed by atoms with Gasteiger partial charge in [-0.05, 0) is 85.6 Å². The third-order valence-electron chi connectivity index (χ3n) is 6.70. The van der Waals surface area contributed by atoms with Crippen molar-refractivity contribution in [2.75, 3.05) is 33.7 Å². The Hall–Kier alpha value is -2.62. The number of aromatic nitrogens is 2. The summed E-state index contributed by atoms with van der Waals surface area (Å²) in [5.41, 5.74) is 1.29. The summed E-state index contributed by atoms with van der Waals surface area (Å²) in [6, 6.07) is 0. The fourth-order valence-corrected chi connectivity index (χ4v) is 4.37. The topological polar surface area (TPSA) is 106 Å². The van der Waals surface area contributed by atoms with Crippen LogP contribution in [0, 0.1) is 11.3 Å². The van der Waals surface area contributed by atoms with Crippen LogP contribution in [-0.2, 0) is 20.8 Å². The molecule has 0 atom stereocenters. The van der Waals surface area contributed by atoms with E-state index in [0.29, 0.717) is 36.9 Å². The lowest BCUT2D eigenvalue weighted by Crippen LogP contribution is -2.38. The normalized spacial score (nSPS) is 15.7. The quantitative estimate of drug-likeness (QED) is 0.356. The molecular weight excluding hydrogens is 522 g/mol. The number of carbonyl (C=O) groups is 3. The van der Waals surface area contributed by atoms with Gasteiger partial charge in [-0.25, -0.2) is 9.59 Å². The maximum Gasteiger partial charge on any atom is 0.435 e. The zero-order valence-corrected chi connectivity index (χ0v) is 27.8. The SMILES string of the molecule is CC(C)CNC=O.CN(CCN(C)C(=O)OC(C)(C)C)Cc1cn(C(=O)OC(C)(C)C)nc1C1CCC(C)(C)CC1. The summed E-state index contributed by atoms with van der Waals surface area (Å²) in [5, 5.41) is 7.28. The number of nitrogens with zero attached hydrogens (tertiary/aromatic N) is 4. The monoisotopic (exact) mass is 579 g/mol. The van der Waals surface area contributed by atoms with E-state index in [1.54, 1.807) is 11.9 Å². The molecule has 0 spiro atoms. The van der Waals surface area contributed by atoms with Gasteiger partial charge in [0.2, 0.25) is 6.41 Å². The van der Waals surface area contributed by atoms with E-state index in [4.69, 9.17) is 14.6 Å². The molecule has 1 aliphatic carbocycles. The van der Waals surface area contributed by atoms with E-state index in [1.807, 2.05) is 54.8 Å². The number of rotatable bonds is 9. The van der Waals surface area contributed by atoms with Gasteiger partial charge in [0.25, 0.3) is 0 Å². The van der Waals surface area contributed by atoms with Gasteiger partial charge in [-0.15, -0.1) is 0 Å². The van der Waals surface area contributed by atoms with Crippen LogP contribution in [0.1, 0.15) is 112 Å². The van der Waals surface area contributed by atoms with Crippen molar-refractivity contribution >= 4 is 18.6 Å². The van der Waals surface area contributed by atoms with Gasteiger partial charge in [0.1, 0.15) is 11.2 Å². The summed E-state index contributed by atoms with van der Waals surface area (Å²) >= 11 is 0. The number of hydrogen-bond acceptors (Lipinski definition) is 7. The zero-order chi connectivity index (χ0) is 31.6. The van der Waals surface area contributed by atoms with Crippen molar-refractivity contribution in [2.24, 2.45) is 11.3 Å². The lowest BCUT2D eigenvalue weighted by atomic mass is 9.72. The van der Waals surface area contributed by atoms with Crippen molar-refractivity contribution in [1.82, 2.24) is 24.9 Å². The van der Waals surface area contributed by atoms with Gasteiger partial charge in [-0.1, -0.05) is 27.7 Å². The number of carbonyl (C=O) groups excluding carboxylic acids is 3. The molecule has 41 heavy (non-hydrogen) atoms. The Kier molecular flexibility index (Phi) is 13.8. The Balaban J connectivity index is 0.00000106. The van der Waals surface area contributed by atoms with Crippen molar-refractivity contribution in [3.05, 3.63) is 17.5 Å². The average Bonchev–Trinajstić information content (AvgIpc) is 3.23. The minimum absolute atomic E-state index is 0.329. The Labute approximate surface area is 248 Å². The van der Waals surface area contributed by atoms with Crippen molar-refractivity contribution in [3.63, 3.8) is 0 Å². The molecule has 0 bridgehead atoms. The van der Waals surface area contributed by atoms with E-state index < -0.39 is 17.3 Å². The predicted molar refractivity (Wildman–Crippen MR) is 163 cm³/mol. The maximum atomic E-state index is 12.7. The van der Waals surface area contributed by atoms with Crippen LogP contribution in [-0.4, -0.2) is 83.1 Å². The maximum absolute atomic E-state index is 12.7. The first-order valence-corrected chi connectivity index (χ1v) is 14.8. The summed E-state index contributed by atoms with van der Waals surface area (Å²) in [7, 11) is 3.76. The van der Waals surface area contributed by atoms with Crippen molar-refractivity contribution in [3.8, 4) is 0 Å². The minimum Gasteiger partial charge on any atom is -0.444 e. The van der Waals surface area contributed by atoms with Gasteiger partial charge in [0, 0.05) is 50.9 Å². The van der Waals surface area contributed by atoms with Crippen LogP contribution in [0.5, 0.6) is 0 Å². The summed E-state index contributed by atoms with van der Waals surface area (Å²) in [6.45, 7) is 22.5. The molecule has 2 amide bonds. The average molecular weight is 580 g/mol. The number of likely N-dealkylation sites (N-methyl/N-ethyl adjacent to an activating group) is 2. The Bertz CT molecular complexity index is 965. The molecule has 0 unspecified atom stereocenters. The van der Waals surface area contributed by atoms with E-state index in [2.05, 4.69) is 37.9 Å². The van der Waals surface area contributed by atoms with Crippen LogP contribution in [0.15, 0.2) is 6.20 Å². The fraction of sp³-hybridized carbons (Fsp3) is 0.806. The second-order valence-electron chi connectivity index (χ2n) is 14.5. The minimum atomic E-state index is -0.582. The van der Waals surface area contributed by atoms with Gasteiger partial charge in [0.15, 0.2) is 0 Å². The highest BCUT2D eigenvalue weighted by Gasteiger charge is 2.31. The molecule has 1 N–H and O–H groups in total. The Morgan fingerprint density at radius 3 is 2.10 bits per heavy atom. The zero-order valence-electron chi connectivity index (χ0n) is 27.8. The third kappa shape index (κ3) is 14.7. The predicted octanol–water partition coefficient (Wildman–Crippen LogP) is 6.04. The highest BCUT2D eigenvalue weighted by Crippen LogP contribution is 2.42. The summed E-state index contributed by atoms with van der Waals surface area (Å²) in [6.07, 6.45) is 6.18. The van der Waals surface area contributed by atoms with E-state index in [1.165, 1.54) is 4.68 Å². The van der Waals surface area contributed by atoms with E-state index >= 15 is 0 Å². The van der Waals surface area contributed by atoms with Crippen LogP contribution in [0.4, 0.5) is 9.59 Å². The molecule has 1 aliphatic rings. The van der Waals surface area contributed by atoms with Crippen LogP contribution in [0.25, 0.3) is 0 Å². The number of hydrogen-bond donors (Lipinski definition) is 1. The second kappa shape index (κ2) is 15.6.